The Balaban J connectivity index is 2.41. The molecule has 0 unspecified atom stereocenters. The molecular formula is C15H13F3N2O3. The van der Waals surface area contributed by atoms with E-state index in [4.69, 9.17) is 9.47 Å². The topological polar surface area (TPSA) is 64.2 Å². The van der Waals surface area contributed by atoms with Crippen molar-refractivity contribution in [2.45, 2.75) is 6.18 Å². The zero-order valence-corrected chi connectivity index (χ0v) is 12.3. The van der Waals surface area contributed by atoms with Crippen molar-refractivity contribution in [2.24, 2.45) is 0 Å². The highest BCUT2D eigenvalue weighted by Crippen LogP contribution is 2.28. The average Bonchev–Trinajstić information content (AvgIpc) is 2.51. The predicted octanol–water partition coefficient (Wildman–Crippen LogP) is 2.98. The molecule has 0 aliphatic rings. The van der Waals surface area contributed by atoms with E-state index in [0.29, 0.717) is 17.1 Å². The first kappa shape index (κ1) is 16.6. The van der Waals surface area contributed by atoms with Crippen molar-refractivity contribution in [1.82, 2.24) is 9.97 Å². The Bertz CT molecular complexity index is 782. The molecule has 0 saturated carbocycles. The molecule has 0 spiro atoms. The fraction of sp³-hybridized carbons (Fsp3) is 0.200. The smallest absolute Gasteiger partial charge is 0.431 e. The monoisotopic (exact) mass is 326 g/mol. The van der Waals surface area contributed by atoms with Crippen LogP contribution in [0.15, 0.2) is 29.1 Å². The number of methoxy groups -OCH3 is 2. The normalized spacial score (nSPS) is 11.7. The van der Waals surface area contributed by atoms with Crippen LogP contribution >= 0.6 is 0 Å². The highest BCUT2D eigenvalue weighted by atomic mass is 19.4. The summed E-state index contributed by atoms with van der Waals surface area (Å²) in [5, 5.41) is 0. The second-order valence-electron chi connectivity index (χ2n) is 4.46. The quantitative estimate of drug-likeness (QED) is 0.938. The van der Waals surface area contributed by atoms with E-state index in [1.54, 1.807) is 23.2 Å². The van der Waals surface area contributed by atoms with Crippen LogP contribution in [0.1, 0.15) is 17.0 Å². The molecule has 23 heavy (non-hydrogen) atoms. The maximum atomic E-state index is 12.7. The molecule has 2 aromatic rings. The highest BCUT2D eigenvalue weighted by molar-refractivity contribution is 5.72. The number of nitrogens with one attached hydrogen (secondary N) is 1. The molecule has 122 valence electrons. The molecule has 0 amide bonds. The van der Waals surface area contributed by atoms with Crippen molar-refractivity contribution < 1.29 is 22.6 Å². The van der Waals surface area contributed by atoms with E-state index in [-0.39, 0.29) is 5.69 Å². The van der Waals surface area contributed by atoms with E-state index in [1.807, 2.05) is 0 Å². The molecule has 5 nitrogen and oxygen atoms in total. The number of ether oxygens (including phenoxy) is 2. The number of alkyl halides is 3. The minimum absolute atomic E-state index is 0.119. The van der Waals surface area contributed by atoms with Crippen LogP contribution in [0.5, 0.6) is 11.5 Å². The molecular weight excluding hydrogens is 313 g/mol. The lowest BCUT2D eigenvalue weighted by Crippen LogP contribution is -2.19. The summed E-state index contributed by atoms with van der Waals surface area (Å²) in [6, 6.07) is 5.74. The summed E-state index contributed by atoms with van der Waals surface area (Å²) >= 11 is 0. The minimum atomic E-state index is -4.65. The average molecular weight is 326 g/mol. The summed E-state index contributed by atoms with van der Waals surface area (Å²) in [4.78, 5) is 16.4. The molecule has 0 atom stereocenters. The fourth-order valence-corrected chi connectivity index (χ4v) is 1.86. The number of benzene rings is 1. The number of aromatic amines is 1. The van der Waals surface area contributed by atoms with E-state index >= 15 is 0 Å². The second-order valence-corrected chi connectivity index (χ2v) is 4.46. The third kappa shape index (κ3) is 4.12. The van der Waals surface area contributed by atoms with E-state index in [9.17, 15) is 18.0 Å². The number of halogens is 3. The Labute approximate surface area is 129 Å². The molecule has 1 aromatic carbocycles. The van der Waals surface area contributed by atoms with Gasteiger partial charge in [-0.25, -0.2) is 4.79 Å². The van der Waals surface area contributed by atoms with Gasteiger partial charge in [-0.05, 0) is 36.4 Å². The molecule has 8 heteroatoms. The number of H-pyrrole nitrogens is 1. The summed E-state index contributed by atoms with van der Waals surface area (Å²) in [7, 11) is 2.95. The Hall–Kier alpha value is -2.77. The molecule has 0 aliphatic heterocycles. The third-order valence-corrected chi connectivity index (χ3v) is 2.94. The van der Waals surface area contributed by atoms with E-state index in [2.05, 4.69) is 4.98 Å². The standard InChI is InChI=1S/C15H13F3N2O3/c1-22-11-5-6-12(23-2)9(7-11)3-4-10-8-13(15(16,17)18)20-14(21)19-10/h3-8H,1-2H3,(H,19,20,21). The summed E-state index contributed by atoms with van der Waals surface area (Å²) < 4.78 is 48.3. The highest BCUT2D eigenvalue weighted by Gasteiger charge is 2.32. The zero-order chi connectivity index (χ0) is 17.0. The lowest BCUT2D eigenvalue weighted by Gasteiger charge is -2.07. The van der Waals surface area contributed by atoms with Gasteiger partial charge in [-0.2, -0.15) is 18.2 Å². The van der Waals surface area contributed by atoms with E-state index in [0.717, 1.165) is 6.07 Å². The van der Waals surface area contributed by atoms with Crippen molar-refractivity contribution >= 4 is 12.2 Å². The Morgan fingerprint density at radius 1 is 1.13 bits per heavy atom. The van der Waals surface area contributed by atoms with Gasteiger partial charge in [-0.15, -0.1) is 0 Å². The fourth-order valence-electron chi connectivity index (χ4n) is 1.86. The Morgan fingerprint density at radius 2 is 1.87 bits per heavy atom. The van der Waals surface area contributed by atoms with Crippen LogP contribution in [0.3, 0.4) is 0 Å². The Kier molecular flexibility index (Phi) is 4.73. The summed E-state index contributed by atoms with van der Waals surface area (Å²) in [6.07, 6.45) is -1.87. The molecule has 2 rings (SSSR count). The number of hydrogen-bond acceptors (Lipinski definition) is 4. The number of rotatable bonds is 4. The molecule has 0 saturated heterocycles. The van der Waals surface area contributed by atoms with Crippen molar-refractivity contribution in [2.75, 3.05) is 14.2 Å². The first-order chi connectivity index (χ1) is 10.8. The van der Waals surface area contributed by atoms with Gasteiger partial charge in [0.15, 0.2) is 0 Å². The van der Waals surface area contributed by atoms with Crippen molar-refractivity contribution in [3.63, 3.8) is 0 Å². The van der Waals surface area contributed by atoms with Crippen LogP contribution in [0, 0.1) is 0 Å². The van der Waals surface area contributed by atoms with Crippen molar-refractivity contribution in [3.05, 3.63) is 51.7 Å². The minimum Gasteiger partial charge on any atom is -0.497 e. The van der Waals surface area contributed by atoms with E-state index in [1.165, 1.54) is 26.4 Å². The molecule has 0 fully saturated rings. The lowest BCUT2D eigenvalue weighted by atomic mass is 10.1. The maximum Gasteiger partial charge on any atom is 0.431 e. The summed E-state index contributed by atoms with van der Waals surface area (Å²) in [5.41, 5.74) is -1.78. The van der Waals surface area contributed by atoms with Gasteiger partial charge in [0.25, 0.3) is 0 Å². The van der Waals surface area contributed by atoms with Gasteiger partial charge in [-0.3, -0.25) is 0 Å². The van der Waals surface area contributed by atoms with Gasteiger partial charge in [0.2, 0.25) is 0 Å². The van der Waals surface area contributed by atoms with Gasteiger partial charge in [-0.1, -0.05) is 0 Å². The van der Waals surface area contributed by atoms with Crippen LogP contribution in [0.2, 0.25) is 0 Å². The van der Waals surface area contributed by atoms with Gasteiger partial charge >= 0.3 is 11.9 Å². The van der Waals surface area contributed by atoms with Gasteiger partial charge in [0, 0.05) is 5.56 Å². The molecule has 1 N–H and O–H groups in total. The van der Waals surface area contributed by atoms with Gasteiger partial charge in [0.1, 0.15) is 17.2 Å². The number of aromatic nitrogens is 2. The first-order valence-corrected chi connectivity index (χ1v) is 6.42. The number of nitrogens with zero attached hydrogens (tertiary/aromatic N) is 1. The largest absolute Gasteiger partial charge is 0.497 e. The van der Waals surface area contributed by atoms with Crippen LogP contribution < -0.4 is 15.2 Å². The third-order valence-electron chi connectivity index (χ3n) is 2.94. The van der Waals surface area contributed by atoms with Crippen molar-refractivity contribution in [3.8, 4) is 11.5 Å². The molecule has 1 heterocycles. The van der Waals surface area contributed by atoms with Crippen molar-refractivity contribution in [1.29, 1.82) is 0 Å². The van der Waals surface area contributed by atoms with Crippen LogP contribution in [0.25, 0.3) is 12.2 Å². The second kappa shape index (κ2) is 6.55. The van der Waals surface area contributed by atoms with E-state index < -0.39 is 17.6 Å². The SMILES string of the molecule is COc1ccc(OC)c(C=Cc2cc(C(F)(F)F)[nH]c(=O)n2)c1. The molecule has 1 aromatic heterocycles. The number of hydrogen-bond donors (Lipinski definition) is 1. The van der Waals surface area contributed by atoms with Crippen LogP contribution in [-0.2, 0) is 6.18 Å². The molecule has 0 radical (unpaired) electrons. The summed E-state index contributed by atoms with van der Waals surface area (Å²) in [5.74, 6) is 1.06. The maximum absolute atomic E-state index is 12.7. The first-order valence-electron chi connectivity index (χ1n) is 6.42. The van der Waals surface area contributed by atoms with Gasteiger partial charge < -0.3 is 14.5 Å². The molecule has 0 bridgehead atoms. The zero-order valence-electron chi connectivity index (χ0n) is 12.3. The lowest BCUT2D eigenvalue weighted by molar-refractivity contribution is -0.141. The Morgan fingerprint density at radius 3 is 2.48 bits per heavy atom. The van der Waals surface area contributed by atoms with Gasteiger partial charge in [0.05, 0.1) is 19.9 Å². The predicted molar refractivity (Wildman–Crippen MR) is 78.3 cm³/mol. The van der Waals surface area contributed by atoms with Crippen LogP contribution in [-0.4, -0.2) is 24.2 Å². The molecule has 0 aliphatic carbocycles. The van der Waals surface area contributed by atoms with Crippen LogP contribution in [0.4, 0.5) is 13.2 Å². The summed E-state index contributed by atoms with van der Waals surface area (Å²) in [6.45, 7) is 0.